The van der Waals surface area contributed by atoms with E-state index in [9.17, 15) is 4.21 Å². The van der Waals surface area contributed by atoms with Gasteiger partial charge in [-0.1, -0.05) is 42.5 Å². The highest BCUT2D eigenvalue weighted by Gasteiger charge is 2.26. The highest BCUT2D eigenvalue weighted by Crippen LogP contribution is 2.37. The molecular formula is C18H19NOS. The molecule has 3 heteroatoms. The molecule has 0 spiro atoms. The van der Waals surface area contributed by atoms with Crippen LogP contribution in [0.15, 0.2) is 42.5 Å². The zero-order valence-electron chi connectivity index (χ0n) is 12.1. The molecule has 0 aromatic heterocycles. The van der Waals surface area contributed by atoms with E-state index in [2.05, 4.69) is 54.7 Å². The minimum absolute atomic E-state index is 0.232. The first-order valence-corrected chi connectivity index (χ1v) is 8.92. The van der Waals surface area contributed by atoms with Crippen LogP contribution in [0.1, 0.15) is 29.7 Å². The van der Waals surface area contributed by atoms with Crippen molar-refractivity contribution >= 4 is 10.8 Å². The van der Waals surface area contributed by atoms with Crippen LogP contribution in [0, 0.1) is 0 Å². The lowest BCUT2D eigenvalue weighted by Crippen LogP contribution is -2.41. The van der Waals surface area contributed by atoms with Crippen molar-refractivity contribution in [2.45, 2.75) is 24.6 Å². The summed E-state index contributed by atoms with van der Waals surface area (Å²) in [6.45, 7) is 2.90. The van der Waals surface area contributed by atoms with E-state index in [0.717, 1.165) is 18.7 Å². The predicted octanol–water partition coefficient (Wildman–Crippen LogP) is 3.04. The van der Waals surface area contributed by atoms with Gasteiger partial charge in [-0.3, -0.25) is 4.21 Å². The molecule has 1 N–H and O–H groups in total. The second-order valence-corrected chi connectivity index (χ2v) is 7.97. The van der Waals surface area contributed by atoms with Gasteiger partial charge < -0.3 is 5.32 Å². The largest absolute Gasteiger partial charge is 0.308 e. The monoisotopic (exact) mass is 297 g/mol. The van der Waals surface area contributed by atoms with Crippen molar-refractivity contribution < 1.29 is 4.21 Å². The van der Waals surface area contributed by atoms with E-state index < -0.39 is 10.8 Å². The van der Waals surface area contributed by atoms with Gasteiger partial charge in [0.25, 0.3) is 0 Å². The van der Waals surface area contributed by atoms with E-state index in [-0.39, 0.29) is 11.3 Å². The van der Waals surface area contributed by atoms with Crippen LogP contribution in [0.4, 0.5) is 0 Å². The summed E-state index contributed by atoms with van der Waals surface area (Å²) in [6.07, 6.45) is 1.02. The third-order valence-corrected chi connectivity index (χ3v) is 6.38. The lowest BCUT2D eigenvalue weighted by atomic mass is 10.00. The second kappa shape index (κ2) is 5.08. The molecule has 0 radical (unpaired) electrons. The van der Waals surface area contributed by atoms with Gasteiger partial charge in [0.15, 0.2) is 0 Å². The van der Waals surface area contributed by atoms with E-state index in [1.54, 1.807) is 0 Å². The van der Waals surface area contributed by atoms with Crippen LogP contribution in [0.25, 0.3) is 11.1 Å². The minimum atomic E-state index is -0.716. The minimum Gasteiger partial charge on any atom is -0.308 e. The molecule has 0 amide bonds. The summed E-state index contributed by atoms with van der Waals surface area (Å²) < 4.78 is 12.1. The zero-order chi connectivity index (χ0) is 14.4. The lowest BCUT2D eigenvalue weighted by molar-refractivity contribution is 0.540. The summed E-state index contributed by atoms with van der Waals surface area (Å²) in [6, 6.07) is 15.6. The Morgan fingerprint density at radius 2 is 1.90 bits per heavy atom. The highest BCUT2D eigenvalue weighted by molar-refractivity contribution is 7.85. The summed E-state index contributed by atoms with van der Waals surface area (Å²) in [5.74, 6) is 0.729. The average molecular weight is 297 g/mol. The number of nitrogens with one attached hydrogen (secondary N) is 1. The Labute approximate surface area is 128 Å². The topological polar surface area (TPSA) is 29.1 Å². The van der Waals surface area contributed by atoms with Crippen molar-refractivity contribution in [3.05, 3.63) is 59.2 Å². The third-order valence-electron chi connectivity index (χ3n) is 4.65. The van der Waals surface area contributed by atoms with Crippen LogP contribution in [-0.2, 0) is 17.2 Å². The van der Waals surface area contributed by atoms with Crippen LogP contribution in [0.2, 0.25) is 0 Å². The molecule has 21 heavy (non-hydrogen) atoms. The van der Waals surface area contributed by atoms with Crippen molar-refractivity contribution in [2.24, 2.45) is 0 Å². The molecule has 3 unspecified atom stereocenters. The second-order valence-electron chi connectivity index (χ2n) is 6.07. The van der Waals surface area contributed by atoms with Gasteiger partial charge in [-0.05, 0) is 41.2 Å². The summed E-state index contributed by atoms with van der Waals surface area (Å²) in [7, 11) is -0.716. The molecule has 2 aliphatic rings. The fourth-order valence-corrected chi connectivity index (χ4v) is 4.63. The van der Waals surface area contributed by atoms with Gasteiger partial charge in [-0.2, -0.15) is 0 Å². The molecule has 1 aliphatic carbocycles. The maximum Gasteiger partial charge on any atom is 0.0445 e. The molecule has 1 aliphatic heterocycles. The Morgan fingerprint density at radius 3 is 2.76 bits per heavy atom. The van der Waals surface area contributed by atoms with Crippen LogP contribution in [0.3, 0.4) is 0 Å². The van der Waals surface area contributed by atoms with Gasteiger partial charge in [-0.25, -0.2) is 0 Å². The summed E-state index contributed by atoms with van der Waals surface area (Å²) in [4.78, 5) is 0. The normalized spacial score (nSPS) is 27.2. The Balaban J connectivity index is 1.66. The maximum atomic E-state index is 12.1. The van der Waals surface area contributed by atoms with Gasteiger partial charge in [0, 0.05) is 34.4 Å². The summed E-state index contributed by atoms with van der Waals surface area (Å²) >= 11 is 0. The SMILES string of the molecule is CC1CNC(c2ccc3c(c2)Cc2ccccc2-3)CS1=O. The highest BCUT2D eigenvalue weighted by atomic mass is 32.2. The van der Waals surface area contributed by atoms with Gasteiger partial charge >= 0.3 is 0 Å². The van der Waals surface area contributed by atoms with Crippen molar-refractivity contribution in [3.8, 4) is 11.1 Å². The van der Waals surface area contributed by atoms with Gasteiger partial charge in [0.05, 0.1) is 0 Å². The smallest absolute Gasteiger partial charge is 0.0445 e. The van der Waals surface area contributed by atoms with E-state index in [4.69, 9.17) is 0 Å². The van der Waals surface area contributed by atoms with E-state index in [0.29, 0.717) is 0 Å². The average Bonchev–Trinajstić information content (AvgIpc) is 2.87. The van der Waals surface area contributed by atoms with E-state index in [1.807, 2.05) is 0 Å². The molecule has 2 aromatic rings. The first kappa shape index (κ1) is 13.2. The number of benzene rings is 2. The van der Waals surface area contributed by atoms with Crippen molar-refractivity contribution in [2.75, 3.05) is 12.3 Å². The molecule has 1 heterocycles. The van der Waals surface area contributed by atoms with Crippen LogP contribution >= 0.6 is 0 Å². The molecule has 2 aromatic carbocycles. The fraction of sp³-hybridized carbons (Fsp3) is 0.333. The molecule has 1 fully saturated rings. The number of fused-ring (bicyclic) bond motifs is 3. The fourth-order valence-electron chi connectivity index (χ4n) is 3.38. The Morgan fingerprint density at radius 1 is 1.10 bits per heavy atom. The lowest BCUT2D eigenvalue weighted by Gasteiger charge is -2.28. The van der Waals surface area contributed by atoms with E-state index in [1.165, 1.54) is 27.8 Å². The number of hydrogen-bond acceptors (Lipinski definition) is 2. The van der Waals surface area contributed by atoms with Gasteiger partial charge in [-0.15, -0.1) is 0 Å². The quantitative estimate of drug-likeness (QED) is 0.748. The standard InChI is InChI=1S/C18H19NOS/c1-12-10-19-18(11-21(12)20)14-6-7-17-15(9-14)8-13-4-2-3-5-16(13)17/h2-7,9,12,18-19H,8,10-11H2,1H3. The molecule has 108 valence electrons. The van der Waals surface area contributed by atoms with Crippen LogP contribution in [0.5, 0.6) is 0 Å². The Kier molecular flexibility index (Phi) is 3.20. The predicted molar refractivity (Wildman–Crippen MR) is 87.9 cm³/mol. The van der Waals surface area contributed by atoms with E-state index >= 15 is 0 Å². The molecular weight excluding hydrogens is 278 g/mol. The van der Waals surface area contributed by atoms with Crippen LogP contribution in [-0.4, -0.2) is 21.8 Å². The van der Waals surface area contributed by atoms with Crippen molar-refractivity contribution in [1.82, 2.24) is 5.32 Å². The van der Waals surface area contributed by atoms with Crippen LogP contribution < -0.4 is 5.32 Å². The Hall–Kier alpha value is -1.45. The molecule has 4 rings (SSSR count). The molecule has 2 nitrogen and oxygen atoms in total. The number of rotatable bonds is 1. The summed E-state index contributed by atoms with van der Waals surface area (Å²) in [5.41, 5.74) is 6.83. The summed E-state index contributed by atoms with van der Waals surface area (Å²) in [5, 5.41) is 3.80. The molecule has 1 saturated heterocycles. The van der Waals surface area contributed by atoms with Crippen molar-refractivity contribution in [3.63, 3.8) is 0 Å². The van der Waals surface area contributed by atoms with Gasteiger partial charge in [0.2, 0.25) is 0 Å². The molecule has 0 bridgehead atoms. The Bertz CT molecular complexity index is 725. The maximum absolute atomic E-state index is 12.1. The number of hydrogen-bond donors (Lipinski definition) is 1. The first-order chi connectivity index (χ1) is 10.2. The molecule has 0 saturated carbocycles. The molecule has 3 atom stereocenters. The van der Waals surface area contributed by atoms with Crippen molar-refractivity contribution in [1.29, 1.82) is 0 Å². The first-order valence-electron chi connectivity index (χ1n) is 7.54. The van der Waals surface area contributed by atoms with Gasteiger partial charge in [0.1, 0.15) is 0 Å². The zero-order valence-corrected chi connectivity index (χ0v) is 13.0. The third kappa shape index (κ3) is 2.25.